The number of ether oxygens (including phenoxy) is 1. The summed E-state index contributed by atoms with van der Waals surface area (Å²) in [5.74, 6) is 1.70. The Morgan fingerprint density at radius 2 is 1.77 bits per heavy atom. The van der Waals surface area contributed by atoms with Crippen LogP contribution in [-0.2, 0) is 26.6 Å². The Kier molecular flexibility index (Phi) is 10.2. The molecule has 1 aromatic heterocycles. The summed E-state index contributed by atoms with van der Waals surface area (Å²) >= 11 is 0. The molecule has 0 aliphatic carbocycles. The minimum Gasteiger partial charge on any atom is -0.489 e. The Labute approximate surface area is 195 Å². The average molecular weight is 519 g/mol. The molecule has 0 aliphatic heterocycles. The molecule has 0 spiro atoms. The van der Waals surface area contributed by atoms with Crippen molar-refractivity contribution in [2.45, 2.75) is 26.5 Å². The van der Waals surface area contributed by atoms with Gasteiger partial charge < -0.3 is 15.4 Å². The first-order valence-electron chi connectivity index (χ1n) is 9.99. The molecule has 0 fully saturated rings. The van der Waals surface area contributed by atoms with Gasteiger partial charge in [-0.05, 0) is 42.7 Å². The van der Waals surface area contributed by atoms with Crippen LogP contribution in [0, 0.1) is 0 Å². The standard InChI is InChI=1S/C23H29N5O.HI/c1-3-24-23(26-17-21-14-16-27-28(21)2)25-15-13-19-9-11-22(12-10-19)29-18-20-7-5-4-6-8-20;/h4-12,14,16H,3,13,15,17-18H2,1-2H3,(H2,24,25,26);1H. The van der Waals surface area contributed by atoms with Crippen molar-refractivity contribution in [3.63, 3.8) is 0 Å². The van der Waals surface area contributed by atoms with Crippen molar-refractivity contribution in [3.05, 3.63) is 83.7 Å². The van der Waals surface area contributed by atoms with Crippen LogP contribution in [0.3, 0.4) is 0 Å². The normalized spacial score (nSPS) is 10.9. The number of hydrogen-bond donors (Lipinski definition) is 2. The number of benzene rings is 2. The molecule has 3 aromatic rings. The van der Waals surface area contributed by atoms with Gasteiger partial charge in [0.05, 0.1) is 12.2 Å². The number of aryl methyl sites for hydroxylation is 1. The molecule has 0 radical (unpaired) electrons. The van der Waals surface area contributed by atoms with Crippen molar-refractivity contribution in [1.82, 2.24) is 20.4 Å². The first-order valence-corrected chi connectivity index (χ1v) is 9.99. The maximum Gasteiger partial charge on any atom is 0.191 e. The molecule has 2 aromatic carbocycles. The third-order valence-electron chi connectivity index (χ3n) is 4.54. The summed E-state index contributed by atoms with van der Waals surface area (Å²) in [4.78, 5) is 4.63. The van der Waals surface area contributed by atoms with Gasteiger partial charge in [0.2, 0.25) is 0 Å². The Morgan fingerprint density at radius 3 is 2.43 bits per heavy atom. The van der Waals surface area contributed by atoms with Crippen LogP contribution in [0.5, 0.6) is 5.75 Å². The van der Waals surface area contributed by atoms with E-state index >= 15 is 0 Å². The van der Waals surface area contributed by atoms with Crippen LogP contribution < -0.4 is 15.4 Å². The summed E-state index contributed by atoms with van der Waals surface area (Å²) < 4.78 is 7.69. The quantitative estimate of drug-likeness (QED) is 0.256. The second-order valence-corrected chi connectivity index (χ2v) is 6.74. The molecule has 0 aliphatic rings. The number of aromatic nitrogens is 2. The molecule has 30 heavy (non-hydrogen) atoms. The predicted octanol–water partition coefficient (Wildman–Crippen LogP) is 3.91. The average Bonchev–Trinajstić information content (AvgIpc) is 3.17. The van der Waals surface area contributed by atoms with Crippen molar-refractivity contribution in [1.29, 1.82) is 0 Å². The minimum absolute atomic E-state index is 0. The van der Waals surface area contributed by atoms with Crippen LogP contribution in [-0.4, -0.2) is 28.8 Å². The van der Waals surface area contributed by atoms with E-state index in [1.165, 1.54) is 11.1 Å². The first kappa shape index (κ1) is 23.7. The summed E-state index contributed by atoms with van der Waals surface area (Å²) in [6, 6.07) is 20.5. The van der Waals surface area contributed by atoms with Crippen LogP contribution in [0.15, 0.2) is 71.9 Å². The van der Waals surface area contributed by atoms with E-state index < -0.39 is 0 Å². The molecule has 3 rings (SSSR count). The van der Waals surface area contributed by atoms with Crippen LogP contribution in [0.1, 0.15) is 23.7 Å². The largest absolute Gasteiger partial charge is 0.489 e. The number of nitrogens with zero attached hydrogens (tertiary/aromatic N) is 3. The third-order valence-corrected chi connectivity index (χ3v) is 4.54. The number of nitrogens with one attached hydrogen (secondary N) is 2. The van der Waals surface area contributed by atoms with Gasteiger partial charge in [-0.1, -0.05) is 42.5 Å². The lowest BCUT2D eigenvalue weighted by molar-refractivity contribution is 0.306. The second kappa shape index (κ2) is 12.9. The first-order chi connectivity index (χ1) is 14.2. The van der Waals surface area contributed by atoms with Crippen molar-refractivity contribution >= 4 is 29.9 Å². The van der Waals surface area contributed by atoms with Gasteiger partial charge in [0.1, 0.15) is 12.4 Å². The van der Waals surface area contributed by atoms with E-state index in [-0.39, 0.29) is 24.0 Å². The van der Waals surface area contributed by atoms with Gasteiger partial charge in [-0.15, -0.1) is 24.0 Å². The maximum atomic E-state index is 5.85. The molecule has 6 nitrogen and oxygen atoms in total. The molecule has 0 atom stereocenters. The van der Waals surface area contributed by atoms with E-state index in [9.17, 15) is 0 Å². The van der Waals surface area contributed by atoms with Crippen LogP contribution in [0.25, 0.3) is 0 Å². The Balaban J connectivity index is 0.00000320. The summed E-state index contributed by atoms with van der Waals surface area (Å²) in [6.45, 7) is 4.88. The smallest absolute Gasteiger partial charge is 0.191 e. The van der Waals surface area contributed by atoms with Gasteiger partial charge in [0, 0.05) is 26.3 Å². The summed E-state index contributed by atoms with van der Waals surface area (Å²) in [7, 11) is 1.93. The van der Waals surface area contributed by atoms with Crippen LogP contribution in [0.4, 0.5) is 0 Å². The molecule has 160 valence electrons. The zero-order valence-electron chi connectivity index (χ0n) is 17.5. The highest BCUT2D eigenvalue weighted by Crippen LogP contribution is 2.14. The Bertz CT molecular complexity index is 893. The van der Waals surface area contributed by atoms with Gasteiger partial charge in [-0.25, -0.2) is 4.99 Å². The molecule has 0 bridgehead atoms. The maximum absolute atomic E-state index is 5.85. The van der Waals surface area contributed by atoms with Gasteiger partial charge in [-0.3, -0.25) is 4.68 Å². The van der Waals surface area contributed by atoms with Crippen LogP contribution >= 0.6 is 24.0 Å². The molecular formula is C23H30IN5O. The van der Waals surface area contributed by atoms with Crippen molar-refractivity contribution in [3.8, 4) is 5.75 Å². The summed E-state index contributed by atoms with van der Waals surface area (Å²) in [5, 5.41) is 10.8. The highest BCUT2D eigenvalue weighted by Gasteiger charge is 2.01. The van der Waals surface area contributed by atoms with E-state index in [1.807, 2.05) is 48.1 Å². The van der Waals surface area contributed by atoms with Gasteiger partial charge in [0.25, 0.3) is 0 Å². The number of hydrogen-bond acceptors (Lipinski definition) is 3. The van der Waals surface area contributed by atoms with E-state index in [4.69, 9.17) is 4.74 Å². The van der Waals surface area contributed by atoms with E-state index in [0.29, 0.717) is 13.2 Å². The third kappa shape index (κ3) is 7.70. The number of aliphatic imine (C=N–C) groups is 1. The number of rotatable bonds is 9. The SMILES string of the molecule is CCNC(=NCc1ccnn1C)NCCc1ccc(OCc2ccccc2)cc1.I. The molecule has 1 heterocycles. The zero-order valence-corrected chi connectivity index (χ0v) is 19.9. The Morgan fingerprint density at radius 1 is 1.00 bits per heavy atom. The van der Waals surface area contributed by atoms with Gasteiger partial charge >= 0.3 is 0 Å². The fraction of sp³-hybridized carbons (Fsp3) is 0.304. The topological polar surface area (TPSA) is 63.5 Å². The lowest BCUT2D eigenvalue weighted by Gasteiger charge is -2.12. The number of guanidine groups is 1. The lowest BCUT2D eigenvalue weighted by Crippen LogP contribution is -2.38. The molecule has 7 heteroatoms. The molecule has 0 unspecified atom stereocenters. The fourth-order valence-electron chi connectivity index (χ4n) is 2.88. The van der Waals surface area contributed by atoms with Crippen LogP contribution in [0.2, 0.25) is 0 Å². The Hall–Kier alpha value is -2.55. The lowest BCUT2D eigenvalue weighted by atomic mass is 10.1. The molecule has 2 N–H and O–H groups in total. The zero-order chi connectivity index (χ0) is 20.3. The second-order valence-electron chi connectivity index (χ2n) is 6.74. The van der Waals surface area contributed by atoms with Crippen molar-refractivity contribution in [2.75, 3.05) is 13.1 Å². The molecule has 0 saturated heterocycles. The van der Waals surface area contributed by atoms with E-state index in [0.717, 1.165) is 36.9 Å². The van der Waals surface area contributed by atoms with Gasteiger partial charge in [0.15, 0.2) is 5.96 Å². The minimum atomic E-state index is 0. The highest BCUT2D eigenvalue weighted by molar-refractivity contribution is 14.0. The fourth-order valence-corrected chi connectivity index (χ4v) is 2.88. The van der Waals surface area contributed by atoms with E-state index in [2.05, 4.69) is 51.9 Å². The molecule has 0 amide bonds. The predicted molar refractivity (Wildman–Crippen MR) is 132 cm³/mol. The summed E-state index contributed by atoms with van der Waals surface area (Å²) in [6.07, 6.45) is 2.70. The number of halogens is 1. The summed E-state index contributed by atoms with van der Waals surface area (Å²) in [5.41, 5.74) is 3.50. The monoisotopic (exact) mass is 519 g/mol. The molecular weight excluding hydrogens is 489 g/mol. The van der Waals surface area contributed by atoms with Crippen molar-refractivity contribution < 1.29 is 4.74 Å². The van der Waals surface area contributed by atoms with Gasteiger partial charge in [-0.2, -0.15) is 5.10 Å². The van der Waals surface area contributed by atoms with E-state index in [1.54, 1.807) is 6.20 Å². The van der Waals surface area contributed by atoms with Crippen molar-refractivity contribution in [2.24, 2.45) is 12.0 Å². The highest BCUT2D eigenvalue weighted by atomic mass is 127. The molecule has 0 saturated carbocycles.